The van der Waals surface area contributed by atoms with E-state index in [1.807, 2.05) is 20.8 Å². The lowest BCUT2D eigenvalue weighted by atomic mass is 9.97. The number of nitrogens with zero attached hydrogens (tertiary/aromatic N) is 2. The summed E-state index contributed by atoms with van der Waals surface area (Å²) in [4.78, 5) is 16.6. The normalized spacial score (nSPS) is 31.2. The number of hydrogen-bond acceptors (Lipinski definition) is 4. The number of carboxylic acid groups (broad SMARTS) is 1. The van der Waals surface area contributed by atoms with Crippen molar-refractivity contribution in [3.63, 3.8) is 0 Å². The van der Waals surface area contributed by atoms with E-state index in [9.17, 15) is 9.90 Å². The highest BCUT2D eigenvalue weighted by Gasteiger charge is 2.41. The van der Waals surface area contributed by atoms with E-state index in [1.165, 1.54) is 19.4 Å². The van der Waals surface area contributed by atoms with E-state index in [-0.39, 0.29) is 6.04 Å². The molecule has 0 aliphatic carbocycles. The first kappa shape index (κ1) is 15.7. The van der Waals surface area contributed by atoms with Gasteiger partial charge < -0.3 is 5.11 Å². The van der Waals surface area contributed by atoms with Gasteiger partial charge in [0.05, 0.1) is 0 Å². The molecule has 20 heavy (non-hydrogen) atoms. The molecule has 0 saturated carbocycles. The van der Waals surface area contributed by atoms with Gasteiger partial charge in [0, 0.05) is 37.8 Å². The van der Waals surface area contributed by atoms with Gasteiger partial charge in [0.1, 0.15) is 5.54 Å². The first-order valence-corrected chi connectivity index (χ1v) is 7.81. The SMILES string of the molecule is CC(C)NC(C)(CN1CC2CCCN2CC1C)C(=O)O. The van der Waals surface area contributed by atoms with Crippen LogP contribution in [-0.4, -0.2) is 70.7 Å². The van der Waals surface area contributed by atoms with E-state index in [2.05, 4.69) is 22.0 Å². The second kappa shape index (κ2) is 6.00. The lowest BCUT2D eigenvalue weighted by molar-refractivity contribution is -0.146. The highest BCUT2D eigenvalue weighted by Crippen LogP contribution is 2.25. The zero-order valence-electron chi connectivity index (χ0n) is 13.2. The van der Waals surface area contributed by atoms with Gasteiger partial charge in [-0.2, -0.15) is 0 Å². The third kappa shape index (κ3) is 3.32. The Morgan fingerprint density at radius 2 is 2.15 bits per heavy atom. The fourth-order valence-electron chi connectivity index (χ4n) is 3.69. The molecule has 0 aromatic heterocycles. The van der Waals surface area contributed by atoms with Crippen molar-refractivity contribution in [2.24, 2.45) is 0 Å². The van der Waals surface area contributed by atoms with E-state index >= 15 is 0 Å². The summed E-state index contributed by atoms with van der Waals surface area (Å²) in [7, 11) is 0. The molecular weight excluding hydrogens is 254 g/mol. The number of piperazine rings is 1. The topological polar surface area (TPSA) is 55.8 Å². The Labute approximate surface area is 122 Å². The molecule has 5 heteroatoms. The zero-order valence-corrected chi connectivity index (χ0v) is 13.2. The van der Waals surface area contributed by atoms with Crippen LogP contribution in [-0.2, 0) is 4.79 Å². The van der Waals surface area contributed by atoms with Crippen molar-refractivity contribution in [2.75, 3.05) is 26.2 Å². The van der Waals surface area contributed by atoms with Crippen molar-refractivity contribution >= 4 is 5.97 Å². The number of fused-ring (bicyclic) bond motifs is 1. The van der Waals surface area contributed by atoms with Gasteiger partial charge in [0.15, 0.2) is 0 Å². The number of aliphatic carboxylic acids is 1. The molecule has 0 bridgehead atoms. The monoisotopic (exact) mass is 283 g/mol. The van der Waals surface area contributed by atoms with Gasteiger partial charge >= 0.3 is 5.97 Å². The highest BCUT2D eigenvalue weighted by atomic mass is 16.4. The fourth-order valence-corrected chi connectivity index (χ4v) is 3.69. The molecule has 2 N–H and O–H groups in total. The van der Waals surface area contributed by atoms with E-state index in [4.69, 9.17) is 0 Å². The van der Waals surface area contributed by atoms with Crippen molar-refractivity contribution in [2.45, 2.75) is 64.2 Å². The first-order chi connectivity index (χ1) is 9.32. The van der Waals surface area contributed by atoms with Gasteiger partial charge in [-0.05, 0) is 47.1 Å². The van der Waals surface area contributed by atoms with Gasteiger partial charge in [-0.1, -0.05) is 0 Å². The second-order valence-electron chi connectivity index (χ2n) is 7.01. The summed E-state index contributed by atoms with van der Waals surface area (Å²) in [5.74, 6) is -0.757. The zero-order chi connectivity index (χ0) is 14.9. The van der Waals surface area contributed by atoms with Crippen molar-refractivity contribution < 1.29 is 9.90 Å². The maximum absolute atomic E-state index is 11.7. The summed E-state index contributed by atoms with van der Waals surface area (Å²) in [6.45, 7) is 11.9. The van der Waals surface area contributed by atoms with Gasteiger partial charge in [0.2, 0.25) is 0 Å². The maximum Gasteiger partial charge on any atom is 0.324 e. The average molecular weight is 283 g/mol. The van der Waals surface area contributed by atoms with E-state index in [0.717, 1.165) is 13.1 Å². The summed E-state index contributed by atoms with van der Waals surface area (Å²) >= 11 is 0. The van der Waals surface area contributed by atoms with Crippen LogP contribution in [0.25, 0.3) is 0 Å². The predicted octanol–water partition coefficient (Wildman–Crippen LogP) is 0.996. The van der Waals surface area contributed by atoms with Crippen LogP contribution in [0.3, 0.4) is 0 Å². The molecule has 0 aromatic rings. The fraction of sp³-hybridized carbons (Fsp3) is 0.933. The third-order valence-corrected chi connectivity index (χ3v) is 4.66. The van der Waals surface area contributed by atoms with Gasteiger partial charge in [-0.25, -0.2) is 0 Å². The summed E-state index contributed by atoms with van der Waals surface area (Å²) in [5.41, 5.74) is -0.872. The van der Waals surface area contributed by atoms with Crippen molar-refractivity contribution in [3.8, 4) is 0 Å². The molecule has 2 saturated heterocycles. The predicted molar refractivity (Wildman–Crippen MR) is 79.9 cm³/mol. The van der Waals surface area contributed by atoms with Crippen LogP contribution < -0.4 is 5.32 Å². The van der Waals surface area contributed by atoms with E-state index < -0.39 is 11.5 Å². The van der Waals surface area contributed by atoms with Crippen molar-refractivity contribution in [1.29, 1.82) is 0 Å². The lowest BCUT2D eigenvalue weighted by Crippen LogP contribution is -2.64. The van der Waals surface area contributed by atoms with E-state index in [1.54, 1.807) is 0 Å². The largest absolute Gasteiger partial charge is 0.480 e. The van der Waals surface area contributed by atoms with Crippen LogP contribution in [0.15, 0.2) is 0 Å². The highest BCUT2D eigenvalue weighted by molar-refractivity contribution is 5.78. The van der Waals surface area contributed by atoms with Crippen molar-refractivity contribution in [1.82, 2.24) is 15.1 Å². The molecule has 0 spiro atoms. The molecule has 0 amide bonds. The molecule has 116 valence electrons. The van der Waals surface area contributed by atoms with Crippen LogP contribution >= 0.6 is 0 Å². The van der Waals surface area contributed by atoms with Gasteiger partial charge in [-0.15, -0.1) is 0 Å². The smallest absolute Gasteiger partial charge is 0.324 e. The summed E-state index contributed by atoms with van der Waals surface area (Å²) in [6.07, 6.45) is 2.54. The average Bonchev–Trinajstić information content (AvgIpc) is 2.75. The minimum atomic E-state index is -0.872. The quantitative estimate of drug-likeness (QED) is 0.788. The summed E-state index contributed by atoms with van der Waals surface area (Å²) in [6, 6.07) is 1.22. The Hall–Kier alpha value is -0.650. The first-order valence-electron chi connectivity index (χ1n) is 7.81. The molecule has 2 aliphatic rings. The number of hydrogen-bond donors (Lipinski definition) is 2. The molecule has 2 rings (SSSR count). The molecule has 3 atom stereocenters. The molecule has 3 unspecified atom stereocenters. The lowest BCUT2D eigenvalue weighted by Gasteiger charge is -2.45. The minimum Gasteiger partial charge on any atom is -0.480 e. The number of nitrogens with one attached hydrogen (secondary N) is 1. The van der Waals surface area contributed by atoms with Gasteiger partial charge in [0.25, 0.3) is 0 Å². The molecule has 2 aliphatic heterocycles. The van der Waals surface area contributed by atoms with Crippen LogP contribution in [0.1, 0.15) is 40.5 Å². The summed E-state index contributed by atoms with van der Waals surface area (Å²) < 4.78 is 0. The second-order valence-corrected chi connectivity index (χ2v) is 7.01. The number of carbonyl (C=O) groups is 1. The molecule has 0 radical (unpaired) electrons. The minimum absolute atomic E-state index is 0.166. The van der Waals surface area contributed by atoms with Crippen LogP contribution in [0, 0.1) is 0 Å². The third-order valence-electron chi connectivity index (χ3n) is 4.66. The Morgan fingerprint density at radius 3 is 2.75 bits per heavy atom. The number of carboxylic acids is 1. The number of rotatable bonds is 5. The van der Waals surface area contributed by atoms with E-state index in [0.29, 0.717) is 18.6 Å². The van der Waals surface area contributed by atoms with Crippen LogP contribution in [0.5, 0.6) is 0 Å². The van der Waals surface area contributed by atoms with Crippen LogP contribution in [0.4, 0.5) is 0 Å². The Balaban J connectivity index is 2.04. The standard InChI is InChI=1S/C15H29N3O2/c1-11(2)16-15(4,14(19)20)10-18-9-13-6-5-7-17(13)8-12(18)3/h11-13,16H,5-10H2,1-4H3,(H,19,20). The molecule has 5 nitrogen and oxygen atoms in total. The molecule has 0 aromatic carbocycles. The molecule has 2 fully saturated rings. The molecule has 2 heterocycles. The molecular formula is C15H29N3O2. The van der Waals surface area contributed by atoms with Gasteiger partial charge in [-0.3, -0.25) is 19.9 Å². The Morgan fingerprint density at radius 1 is 1.45 bits per heavy atom. The Kier molecular flexibility index (Phi) is 4.72. The Bertz CT molecular complexity index is 361. The van der Waals surface area contributed by atoms with Crippen molar-refractivity contribution in [3.05, 3.63) is 0 Å². The van der Waals surface area contributed by atoms with Crippen LogP contribution in [0.2, 0.25) is 0 Å². The summed E-state index contributed by atoms with van der Waals surface area (Å²) in [5, 5.41) is 12.8. The maximum atomic E-state index is 11.7.